The van der Waals surface area contributed by atoms with Gasteiger partial charge in [0, 0.05) is 25.3 Å². The number of anilines is 1. The highest BCUT2D eigenvalue weighted by Crippen LogP contribution is 2.41. The van der Waals surface area contributed by atoms with Crippen LogP contribution in [0, 0.1) is 5.82 Å². The third-order valence-electron chi connectivity index (χ3n) is 6.77. The second-order valence-electron chi connectivity index (χ2n) is 9.15. The molecule has 1 atom stereocenters. The van der Waals surface area contributed by atoms with Crippen LogP contribution >= 0.6 is 11.3 Å². The Morgan fingerprint density at radius 2 is 1.74 bits per heavy atom. The highest BCUT2D eigenvalue weighted by atomic mass is 32.1. The van der Waals surface area contributed by atoms with Crippen LogP contribution in [-0.2, 0) is 6.42 Å². The molecule has 0 saturated carbocycles. The Balaban J connectivity index is 1.57. The van der Waals surface area contributed by atoms with Crippen LogP contribution in [0.2, 0.25) is 0 Å². The summed E-state index contributed by atoms with van der Waals surface area (Å²) in [4.78, 5) is 21.5. The average Bonchev–Trinajstić information content (AvgIpc) is 3.18. The Labute approximate surface area is 206 Å². The van der Waals surface area contributed by atoms with Crippen LogP contribution in [0.25, 0.3) is 11.8 Å². The Kier molecular flexibility index (Phi) is 5.26. The number of benzene rings is 3. The van der Waals surface area contributed by atoms with Crippen molar-refractivity contribution in [2.45, 2.75) is 18.9 Å². The first kappa shape index (κ1) is 21.7. The van der Waals surface area contributed by atoms with Gasteiger partial charge in [0.1, 0.15) is 5.82 Å². The quantitative estimate of drug-likeness (QED) is 0.431. The molecule has 174 valence electrons. The molecule has 6 rings (SSSR count). The number of thiazole rings is 1. The molecule has 6 heteroatoms. The van der Waals surface area contributed by atoms with Crippen molar-refractivity contribution < 1.29 is 4.39 Å². The van der Waals surface area contributed by atoms with Crippen LogP contribution < -0.4 is 19.8 Å². The molecule has 2 aliphatic rings. The third kappa shape index (κ3) is 3.74. The van der Waals surface area contributed by atoms with Crippen LogP contribution in [0.1, 0.15) is 34.7 Å². The highest BCUT2D eigenvalue weighted by molar-refractivity contribution is 7.07. The minimum absolute atomic E-state index is 0.0647. The second kappa shape index (κ2) is 8.47. The van der Waals surface area contributed by atoms with Gasteiger partial charge in [-0.1, -0.05) is 59.9 Å². The molecule has 2 heterocycles. The Bertz CT molecular complexity index is 1640. The maximum Gasteiger partial charge on any atom is 0.271 e. The summed E-state index contributed by atoms with van der Waals surface area (Å²) in [5.74, 6) is -0.287. The molecule has 35 heavy (non-hydrogen) atoms. The van der Waals surface area contributed by atoms with Gasteiger partial charge in [-0.05, 0) is 65.4 Å². The highest BCUT2D eigenvalue weighted by Gasteiger charge is 2.32. The molecule has 0 radical (unpaired) electrons. The zero-order chi connectivity index (χ0) is 24.1. The molecule has 0 N–H and O–H groups in total. The van der Waals surface area contributed by atoms with Crippen molar-refractivity contribution in [2.75, 3.05) is 19.0 Å². The minimum Gasteiger partial charge on any atom is -0.378 e. The molecule has 1 unspecified atom stereocenters. The van der Waals surface area contributed by atoms with Gasteiger partial charge in [0.15, 0.2) is 4.80 Å². The standard InChI is InChI=1S/C29H24FN3OS/c1-32(2)22-14-7-18(8-15-22)17-25-28(34)33-27(20-9-12-21(30)13-10-20)24-16-11-19-5-3-4-6-23(19)26(24)31-29(33)35-25/h3-10,12-15,17,27H,11,16H2,1-2H3. The fraction of sp³-hybridized carbons (Fsp3) is 0.172. The summed E-state index contributed by atoms with van der Waals surface area (Å²) in [6.45, 7) is 0. The molecule has 4 aromatic rings. The van der Waals surface area contributed by atoms with Crippen LogP contribution in [-0.4, -0.2) is 18.7 Å². The molecule has 3 aromatic carbocycles. The first-order valence-electron chi connectivity index (χ1n) is 11.7. The zero-order valence-electron chi connectivity index (χ0n) is 19.5. The molecule has 0 saturated heterocycles. The topological polar surface area (TPSA) is 37.6 Å². The lowest BCUT2D eigenvalue weighted by molar-refractivity contribution is 0.581. The van der Waals surface area contributed by atoms with E-state index in [0.29, 0.717) is 9.33 Å². The molecule has 0 bridgehead atoms. The maximum absolute atomic E-state index is 13.8. The van der Waals surface area contributed by atoms with Crippen molar-refractivity contribution in [1.29, 1.82) is 0 Å². The number of rotatable bonds is 3. The summed E-state index contributed by atoms with van der Waals surface area (Å²) in [5.41, 5.74) is 7.36. The monoisotopic (exact) mass is 481 g/mol. The van der Waals surface area contributed by atoms with E-state index in [0.717, 1.165) is 46.5 Å². The fourth-order valence-corrected chi connectivity index (χ4v) is 5.99. The van der Waals surface area contributed by atoms with E-state index in [4.69, 9.17) is 4.99 Å². The number of hydrogen-bond donors (Lipinski definition) is 0. The van der Waals surface area contributed by atoms with E-state index in [1.807, 2.05) is 55.4 Å². The number of halogens is 1. The lowest BCUT2D eigenvalue weighted by Crippen LogP contribution is -2.38. The van der Waals surface area contributed by atoms with Crippen molar-refractivity contribution in [3.63, 3.8) is 0 Å². The number of hydrogen-bond acceptors (Lipinski definition) is 4. The SMILES string of the molecule is CN(C)c1ccc(C=c2sc3n(c2=O)C(c2ccc(F)cc2)C2=C(N=3)c3ccccc3CC2)cc1. The van der Waals surface area contributed by atoms with E-state index in [1.165, 1.54) is 29.0 Å². The van der Waals surface area contributed by atoms with Gasteiger partial charge in [0.25, 0.3) is 5.56 Å². The van der Waals surface area contributed by atoms with E-state index in [2.05, 4.69) is 18.2 Å². The van der Waals surface area contributed by atoms with Gasteiger partial charge >= 0.3 is 0 Å². The smallest absolute Gasteiger partial charge is 0.271 e. The number of allylic oxidation sites excluding steroid dienone is 1. The maximum atomic E-state index is 13.8. The van der Waals surface area contributed by atoms with E-state index in [1.54, 1.807) is 16.7 Å². The van der Waals surface area contributed by atoms with Crippen LogP contribution in [0.5, 0.6) is 0 Å². The van der Waals surface area contributed by atoms with Crippen molar-refractivity contribution in [2.24, 2.45) is 4.99 Å². The molecular formula is C29H24FN3OS. The Morgan fingerprint density at radius 1 is 1.00 bits per heavy atom. The predicted octanol–water partition coefficient (Wildman–Crippen LogP) is 4.52. The summed E-state index contributed by atoms with van der Waals surface area (Å²) in [6, 6.07) is 22.7. The normalized spacial score (nSPS) is 16.9. The number of fused-ring (bicyclic) bond motifs is 3. The van der Waals surface area contributed by atoms with Gasteiger partial charge in [-0.2, -0.15) is 0 Å². The van der Waals surface area contributed by atoms with Crippen molar-refractivity contribution in [3.05, 3.63) is 126 Å². The van der Waals surface area contributed by atoms with Gasteiger partial charge in [0.05, 0.1) is 16.3 Å². The summed E-state index contributed by atoms with van der Waals surface area (Å²) in [7, 11) is 4.00. The Morgan fingerprint density at radius 3 is 2.49 bits per heavy atom. The molecule has 0 amide bonds. The molecular weight excluding hydrogens is 457 g/mol. The van der Waals surface area contributed by atoms with E-state index < -0.39 is 0 Å². The van der Waals surface area contributed by atoms with Gasteiger partial charge < -0.3 is 4.90 Å². The lowest BCUT2D eigenvalue weighted by Gasteiger charge is -2.30. The predicted molar refractivity (Wildman–Crippen MR) is 140 cm³/mol. The number of nitrogens with zero attached hydrogens (tertiary/aromatic N) is 3. The first-order chi connectivity index (χ1) is 17.0. The second-order valence-corrected chi connectivity index (χ2v) is 10.2. The van der Waals surface area contributed by atoms with E-state index in [9.17, 15) is 9.18 Å². The molecule has 1 aliphatic carbocycles. The number of aromatic nitrogens is 1. The average molecular weight is 482 g/mol. The zero-order valence-corrected chi connectivity index (χ0v) is 20.3. The Hall–Kier alpha value is -3.77. The summed E-state index contributed by atoms with van der Waals surface area (Å²) in [5, 5.41) is 0. The molecule has 0 fully saturated rings. The van der Waals surface area contributed by atoms with Gasteiger partial charge in [-0.3, -0.25) is 9.36 Å². The minimum atomic E-state index is -0.298. The molecule has 4 nitrogen and oxygen atoms in total. The van der Waals surface area contributed by atoms with Crippen molar-refractivity contribution >= 4 is 28.8 Å². The summed E-state index contributed by atoms with van der Waals surface area (Å²) >= 11 is 1.41. The van der Waals surface area contributed by atoms with Crippen molar-refractivity contribution in [3.8, 4) is 0 Å². The van der Waals surface area contributed by atoms with Gasteiger partial charge in [0.2, 0.25) is 0 Å². The van der Waals surface area contributed by atoms with E-state index in [-0.39, 0.29) is 17.4 Å². The van der Waals surface area contributed by atoms with E-state index >= 15 is 0 Å². The number of aryl methyl sites for hydroxylation is 1. The first-order valence-corrected chi connectivity index (χ1v) is 12.5. The molecule has 1 aromatic heterocycles. The fourth-order valence-electron chi connectivity index (χ4n) is 4.99. The lowest BCUT2D eigenvalue weighted by atomic mass is 9.83. The van der Waals surface area contributed by atoms with Crippen LogP contribution in [0.3, 0.4) is 0 Å². The van der Waals surface area contributed by atoms with Gasteiger partial charge in [-0.15, -0.1) is 0 Å². The van der Waals surface area contributed by atoms with Crippen LogP contribution in [0.4, 0.5) is 10.1 Å². The molecule has 1 aliphatic heterocycles. The summed E-state index contributed by atoms with van der Waals surface area (Å²) in [6.07, 6.45) is 3.64. The summed E-state index contributed by atoms with van der Waals surface area (Å²) < 4.78 is 16.2. The van der Waals surface area contributed by atoms with Gasteiger partial charge in [-0.25, -0.2) is 9.38 Å². The van der Waals surface area contributed by atoms with Crippen LogP contribution in [0.15, 0.2) is 88.2 Å². The third-order valence-corrected chi connectivity index (χ3v) is 7.75. The molecule has 0 spiro atoms. The largest absolute Gasteiger partial charge is 0.378 e. The van der Waals surface area contributed by atoms with Crippen molar-refractivity contribution in [1.82, 2.24) is 4.57 Å².